The fraction of sp³-hybridized carbons (Fsp3) is 0.533. The third-order valence-electron chi connectivity index (χ3n) is 3.61. The molecule has 0 saturated carbocycles. The van der Waals surface area contributed by atoms with Gasteiger partial charge in [0.05, 0.1) is 6.10 Å². The van der Waals surface area contributed by atoms with Crippen molar-refractivity contribution in [2.75, 3.05) is 26.2 Å². The smallest absolute Gasteiger partial charge is 0.119 e. The summed E-state index contributed by atoms with van der Waals surface area (Å²) in [5, 5.41) is 19.4. The highest BCUT2D eigenvalue weighted by molar-refractivity contribution is 7.80. The molecule has 4 N–H and O–H groups in total. The Morgan fingerprint density at radius 2 is 1.95 bits per heavy atom. The molecule has 116 valence electrons. The second kappa shape index (κ2) is 7.70. The van der Waals surface area contributed by atoms with Gasteiger partial charge in [0.25, 0.3) is 0 Å². The molecule has 1 saturated heterocycles. The number of aliphatic hydroxyl groups is 2. The second-order valence-corrected chi connectivity index (χ2v) is 5.83. The SMILES string of the molecule is NC(=S)c1ccc(OCC(O)CN2CCC(O)CC2)cc1. The van der Waals surface area contributed by atoms with Gasteiger partial charge in [-0.05, 0) is 37.1 Å². The summed E-state index contributed by atoms with van der Waals surface area (Å²) >= 11 is 4.88. The van der Waals surface area contributed by atoms with E-state index in [9.17, 15) is 10.2 Å². The minimum absolute atomic E-state index is 0.193. The molecule has 1 aromatic rings. The van der Waals surface area contributed by atoms with Crippen LogP contribution in [0.25, 0.3) is 0 Å². The molecule has 1 atom stereocenters. The van der Waals surface area contributed by atoms with Crippen molar-refractivity contribution in [1.29, 1.82) is 0 Å². The summed E-state index contributed by atoms with van der Waals surface area (Å²) in [6, 6.07) is 7.18. The van der Waals surface area contributed by atoms with Gasteiger partial charge in [0.1, 0.15) is 23.4 Å². The molecular weight excluding hydrogens is 288 g/mol. The van der Waals surface area contributed by atoms with Crippen LogP contribution in [0.5, 0.6) is 5.75 Å². The monoisotopic (exact) mass is 310 g/mol. The summed E-state index contributed by atoms with van der Waals surface area (Å²) < 4.78 is 5.56. The van der Waals surface area contributed by atoms with E-state index in [0.29, 0.717) is 17.3 Å². The number of rotatable bonds is 6. The minimum Gasteiger partial charge on any atom is -0.491 e. The largest absolute Gasteiger partial charge is 0.491 e. The maximum atomic E-state index is 10.0. The molecule has 0 radical (unpaired) electrons. The number of nitrogens with two attached hydrogens (primary N) is 1. The molecule has 1 aromatic carbocycles. The Morgan fingerprint density at radius 1 is 1.33 bits per heavy atom. The zero-order valence-electron chi connectivity index (χ0n) is 11.9. The van der Waals surface area contributed by atoms with Crippen LogP contribution in [0.4, 0.5) is 0 Å². The van der Waals surface area contributed by atoms with E-state index in [1.165, 1.54) is 0 Å². The number of benzene rings is 1. The van der Waals surface area contributed by atoms with Crippen LogP contribution in [0.1, 0.15) is 18.4 Å². The van der Waals surface area contributed by atoms with Gasteiger partial charge in [-0.1, -0.05) is 12.2 Å². The number of hydrogen-bond acceptors (Lipinski definition) is 5. The lowest BCUT2D eigenvalue weighted by atomic mass is 10.1. The Morgan fingerprint density at radius 3 is 2.52 bits per heavy atom. The molecule has 1 heterocycles. The van der Waals surface area contributed by atoms with Gasteiger partial charge in [0, 0.05) is 25.2 Å². The number of likely N-dealkylation sites (tertiary alicyclic amines) is 1. The van der Waals surface area contributed by atoms with Crippen LogP contribution in [0.15, 0.2) is 24.3 Å². The first-order chi connectivity index (χ1) is 10.0. The molecular formula is C15H22N2O3S. The molecule has 5 nitrogen and oxygen atoms in total. The highest BCUT2D eigenvalue weighted by Crippen LogP contribution is 2.13. The molecule has 1 aliphatic heterocycles. The molecule has 1 aliphatic rings. The summed E-state index contributed by atoms with van der Waals surface area (Å²) in [5.74, 6) is 0.683. The first-order valence-electron chi connectivity index (χ1n) is 7.16. The Bertz CT molecular complexity index is 458. The number of piperidine rings is 1. The number of hydrogen-bond donors (Lipinski definition) is 3. The molecule has 6 heteroatoms. The molecule has 0 amide bonds. The van der Waals surface area contributed by atoms with E-state index in [0.717, 1.165) is 31.5 Å². The van der Waals surface area contributed by atoms with Crippen molar-refractivity contribution in [3.8, 4) is 5.75 Å². The van der Waals surface area contributed by atoms with Gasteiger partial charge in [-0.3, -0.25) is 0 Å². The molecule has 0 aliphatic carbocycles. The second-order valence-electron chi connectivity index (χ2n) is 5.39. The fourth-order valence-electron chi connectivity index (χ4n) is 2.36. The van der Waals surface area contributed by atoms with Crippen molar-refractivity contribution in [1.82, 2.24) is 4.90 Å². The minimum atomic E-state index is -0.546. The van der Waals surface area contributed by atoms with E-state index < -0.39 is 6.10 Å². The van der Waals surface area contributed by atoms with E-state index in [2.05, 4.69) is 4.90 Å². The summed E-state index contributed by atoms with van der Waals surface area (Å²) in [4.78, 5) is 2.50. The van der Waals surface area contributed by atoms with Gasteiger partial charge in [0.2, 0.25) is 0 Å². The normalized spacial score (nSPS) is 18.4. The number of aliphatic hydroxyl groups excluding tert-OH is 2. The molecule has 0 aromatic heterocycles. The van der Waals surface area contributed by atoms with Gasteiger partial charge in [0.15, 0.2) is 0 Å². The topological polar surface area (TPSA) is 79.0 Å². The van der Waals surface area contributed by atoms with Crippen LogP contribution in [-0.4, -0.2) is 58.6 Å². The van der Waals surface area contributed by atoms with Gasteiger partial charge in [-0.15, -0.1) is 0 Å². The predicted octanol–water partition coefficient (Wildman–Crippen LogP) is 0.517. The Kier molecular flexibility index (Phi) is 5.93. The van der Waals surface area contributed by atoms with E-state index in [1.807, 2.05) is 0 Å². The highest BCUT2D eigenvalue weighted by atomic mass is 32.1. The zero-order valence-corrected chi connectivity index (χ0v) is 12.8. The summed E-state index contributed by atoms with van der Waals surface area (Å²) in [5.41, 5.74) is 6.32. The van der Waals surface area contributed by atoms with Crippen molar-refractivity contribution in [2.45, 2.75) is 25.0 Å². The number of β-amino-alcohol motifs (C(OH)–C–C–N with tert-alkyl or cyclic N) is 1. The lowest BCUT2D eigenvalue weighted by molar-refractivity contribution is 0.0338. The van der Waals surface area contributed by atoms with E-state index in [4.69, 9.17) is 22.7 Å². The molecule has 1 fully saturated rings. The first kappa shape index (κ1) is 16.2. The molecule has 1 unspecified atom stereocenters. The Labute approximate surface area is 130 Å². The summed E-state index contributed by atoms with van der Waals surface area (Å²) in [6.45, 7) is 2.45. The lowest BCUT2D eigenvalue weighted by Gasteiger charge is -2.30. The van der Waals surface area contributed by atoms with Crippen molar-refractivity contribution in [3.05, 3.63) is 29.8 Å². The fourth-order valence-corrected chi connectivity index (χ4v) is 2.50. The average Bonchev–Trinajstić information content (AvgIpc) is 2.48. The predicted molar refractivity (Wildman–Crippen MR) is 85.5 cm³/mol. The zero-order chi connectivity index (χ0) is 15.2. The van der Waals surface area contributed by atoms with Crippen LogP contribution >= 0.6 is 12.2 Å². The maximum absolute atomic E-state index is 10.0. The van der Waals surface area contributed by atoms with E-state index >= 15 is 0 Å². The highest BCUT2D eigenvalue weighted by Gasteiger charge is 2.19. The van der Waals surface area contributed by atoms with Crippen LogP contribution < -0.4 is 10.5 Å². The van der Waals surface area contributed by atoms with Crippen molar-refractivity contribution in [3.63, 3.8) is 0 Å². The van der Waals surface area contributed by atoms with E-state index in [-0.39, 0.29) is 12.7 Å². The van der Waals surface area contributed by atoms with Gasteiger partial charge < -0.3 is 25.6 Å². The first-order valence-corrected chi connectivity index (χ1v) is 7.56. The molecule has 0 bridgehead atoms. The van der Waals surface area contributed by atoms with Gasteiger partial charge >= 0.3 is 0 Å². The van der Waals surface area contributed by atoms with Crippen LogP contribution in [0.2, 0.25) is 0 Å². The lowest BCUT2D eigenvalue weighted by Crippen LogP contribution is -2.41. The third-order valence-corrected chi connectivity index (χ3v) is 3.84. The maximum Gasteiger partial charge on any atom is 0.119 e. The average molecular weight is 310 g/mol. The van der Waals surface area contributed by atoms with Crippen molar-refractivity contribution < 1.29 is 14.9 Å². The third kappa shape index (κ3) is 5.24. The van der Waals surface area contributed by atoms with Crippen LogP contribution in [0.3, 0.4) is 0 Å². The molecule has 21 heavy (non-hydrogen) atoms. The standard InChI is InChI=1S/C15H22N2O3S/c16-15(21)11-1-3-14(4-2-11)20-10-13(19)9-17-7-5-12(18)6-8-17/h1-4,12-13,18-19H,5-10H2,(H2,16,21). The quantitative estimate of drug-likeness (QED) is 0.665. The Balaban J connectivity index is 1.73. The van der Waals surface area contributed by atoms with Crippen molar-refractivity contribution in [2.24, 2.45) is 5.73 Å². The van der Waals surface area contributed by atoms with Crippen LogP contribution in [-0.2, 0) is 0 Å². The number of nitrogens with zero attached hydrogens (tertiary/aromatic N) is 1. The van der Waals surface area contributed by atoms with E-state index in [1.54, 1.807) is 24.3 Å². The summed E-state index contributed by atoms with van der Waals surface area (Å²) in [7, 11) is 0. The van der Waals surface area contributed by atoms with Crippen molar-refractivity contribution >= 4 is 17.2 Å². The number of thiocarbonyl (C=S) groups is 1. The molecule has 0 spiro atoms. The van der Waals surface area contributed by atoms with Gasteiger partial charge in [-0.25, -0.2) is 0 Å². The number of ether oxygens (including phenoxy) is 1. The Hall–Kier alpha value is -1.21. The van der Waals surface area contributed by atoms with Gasteiger partial charge in [-0.2, -0.15) is 0 Å². The molecule has 2 rings (SSSR count). The van der Waals surface area contributed by atoms with Crippen LogP contribution in [0, 0.1) is 0 Å². The summed E-state index contributed by atoms with van der Waals surface area (Å²) in [6.07, 6.45) is 0.805.